The Hall–Kier alpha value is -2.79. The Labute approximate surface area is 144 Å². The molecule has 0 N–H and O–H groups in total. The third kappa shape index (κ3) is 2.98. The molecule has 4 rings (SSSR count). The lowest BCUT2D eigenvalue weighted by Gasteiger charge is -2.06. The lowest BCUT2D eigenvalue weighted by molar-refractivity contribution is 0.0953. The first-order valence-corrected chi connectivity index (χ1v) is 8.33. The fraction of sp³-hybridized carbons (Fsp3) is 0.235. The maximum absolute atomic E-state index is 13.1. The summed E-state index contributed by atoms with van der Waals surface area (Å²) in [6.45, 7) is 0.0310. The summed E-state index contributed by atoms with van der Waals surface area (Å²) in [5.74, 6) is -2.61. The van der Waals surface area contributed by atoms with Crippen LogP contribution in [-0.2, 0) is 6.54 Å². The van der Waals surface area contributed by atoms with Gasteiger partial charge in [-0.3, -0.25) is 9.36 Å². The van der Waals surface area contributed by atoms with Crippen LogP contribution in [0.2, 0.25) is 0 Å². The SMILES string of the molecule is N#Cc1ccc(Oc2ccc3c(c2)sc(=O)n3CC2CC2(F)F)nc1. The van der Waals surface area contributed by atoms with Crippen molar-refractivity contribution in [2.45, 2.75) is 18.9 Å². The van der Waals surface area contributed by atoms with E-state index < -0.39 is 11.8 Å². The fourth-order valence-electron chi connectivity index (χ4n) is 2.60. The Bertz CT molecular complexity index is 1050. The van der Waals surface area contributed by atoms with E-state index in [9.17, 15) is 13.6 Å². The Balaban J connectivity index is 1.60. The lowest BCUT2D eigenvalue weighted by Crippen LogP contribution is -2.15. The molecule has 126 valence electrons. The summed E-state index contributed by atoms with van der Waals surface area (Å²) in [5, 5.41) is 8.76. The molecule has 1 aromatic carbocycles. The van der Waals surface area contributed by atoms with Crippen molar-refractivity contribution in [2.75, 3.05) is 0 Å². The average molecular weight is 359 g/mol. The van der Waals surface area contributed by atoms with Crippen LogP contribution in [0.15, 0.2) is 41.3 Å². The average Bonchev–Trinajstić information content (AvgIpc) is 3.07. The molecule has 5 nitrogen and oxygen atoms in total. The van der Waals surface area contributed by atoms with Gasteiger partial charge < -0.3 is 4.74 Å². The molecule has 0 spiro atoms. The van der Waals surface area contributed by atoms with Gasteiger partial charge in [-0.25, -0.2) is 13.8 Å². The normalized spacial score (nSPS) is 18.0. The standard InChI is InChI=1S/C17H11F2N3O2S/c18-17(19)6-11(17)9-22-13-3-2-12(5-14(13)25-16(22)23)24-15-4-1-10(7-20)8-21-15/h1-5,8,11H,6,9H2. The molecule has 25 heavy (non-hydrogen) atoms. The summed E-state index contributed by atoms with van der Waals surface area (Å²) in [7, 11) is 0. The van der Waals surface area contributed by atoms with Gasteiger partial charge in [0.15, 0.2) is 0 Å². The van der Waals surface area contributed by atoms with E-state index in [-0.39, 0.29) is 17.8 Å². The molecule has 1 aliphatic rings. The fourth-order valence-corrected chi connectivity index (χ4v) is 3.53. The first kappa shape index (κ1) is 15.7. The Morgan fingerprint density at radius 1 is 1.40 bits per heavy atom. The molecular weight excluding hydrogens is 348 g/mol. The highest BCUT2D eigenvalue weighted by molar-refractivity contribution is 7.16. The van der Waals surface area contributed by atoms with Crippen molar-refractivity contribution in [2.24, 2.45) is 5.92 Å². The van der Waals surface area contributed by atoms with Gasteiger partial charge in [0.25, 0.3) is 5.92 Å². The number of hydrogen-bond acceptors (Lipinski definition) is 5. The van der Waals surface area contributed by atoms with Crippen LogP contribution in [0.1, 0.15) is 12.0 Å². The molecule has 1 saturated carbocycles. The summed E-state index contributed by atoms with van der Waals surface area (Å²) in [6.07, 6.45) is 1.24. The number of fused-ring (bicyclic) bond motifs is 1. The number of ether oxygens (including phenoxy) is 1. The summed E-state index contributed by atoms with van der Waals surface area (Å²) >= 11 is 0.999. The monoisotopic (exact) mass is 359 g/mol. The predicted molar refractivity (Wildman–Crippen MR) is 88.2 cm³/mol. The number of alkyl halides is 2. The third-order valence-electron chi connectivity index (χ3n) is 4.09. The maximum atomic E-state index is 13.1. The van der Waals surface area contributed by atoms with Gasteiger partial charge in [0.05, 0.1) is 15.8 Å². The van der Waals surface area contributed by atoms with Crippen LogP contribution < -0.4 is 9.61 Å². The number of pyridine rings is 1. The van der Waals surface area contributed by atoms with Gasteiger partial charge in [0, 0.05) is 37.2 Å². The molecule has 0 saturated heterocycles. The highest BCUT2D eigenvalue weighted by Gasteiger charge is 2.56. The van der Waals surface area contributed by atoms with Crippen molar-refractivity contribution in [1.29, 1.82) is 5.26 Å². The van der Waals surface area contributed by atoms with E-state index in [2.05, 4.69) is 4.98 Å². The number of nitrogens with zero attached hydrogens (tertiary/aromatic N) is 3. The van der Waals surface area contributed by atoms with Crippen molar-refractivity contribution in [3.63, 3.8) is 0 Å². The maximum Gasteiger partial charge on any atom is 0.308 e. The molecule has 1 atom stereocenters. The first-order valence-electron chi connectivity index (χ1n) is 7.51. The van der Waals surface area contributed by atoms with E-state index in [0.717, 1.165) is 11.3 Å². The number of rotatable bonds is 4. The van der Waals surface area contributed by atoms with E-state index in [1.54, 1.807) is 30.3 Å². The molecule has 1 aliphatic carbocycles. The van der Waals surface area contributed by atoms with Crippen LogP contribution in [0.25, 0.3) is 10.2 Å². The van der Waals surface area contributed by atoms with E-state index in [1.165, 1.54) is 10.8 Å². The summed E-state index contributed by atoms with van der Waals surface area (Å²) in [6, 6.07) is 10.2. The Kier molecular flexibility index (Phi) is 3.54. The van der Waals surface area contributed by atoms with Gasteiger partial charge in [-0.2, -0.15) is 5.26 Å². The lowest BCUT2D eigenvalue weighted by atomic mass is 10.3. The molecule has 0 radical (unpaired) electrons. The second kappa shape index (κ2) is 5.63. The second-order valence-electron chi connectivity index (χ2n) is 5.87. The van der Waals surface area contributed by atoms with Gasteiger partial charge in [0.2, 0.25) is 5.88 Å². The Morgan fingerprint density at radius 2 is 2.20 bits per heavy atom. The summed E-state index contributed by atoms with van der Waals surface area (Å²) in [4.78, 5) is 15.9. The molecule has 0 bridgehead atoms. The van der Waals surface area contributed by atoms with Crippen molar-refractivity contribution in [3.05, 3.63) is 51.8 Å². The topological polar surface area (TPSA) is 67.9 Å². The van der Waals surface area contributed by atoms with Crippen molar-refractivity contribution in [3.8, 4) is 17.7 Å². The van der Waals surface area contributed by atoms with Crippen LogP contribution >= 0.6 is 11.3 Å². The smallest absolute Gasteiger partial charge is 0.308 e. The molecule has 3 aromatic rings. The zero-order valence-electron chi connectivity index (χ0n) is 12.8. The molecule has 2 heterocycles. The van der Waals surface area contributed by atoms with E-state index >= 15 is 0 Å². The molecule has 0 aliphatic heterocycles. The van der Waals surface area contributed by atoms with E-state index in [4.69, 9.17) is 10.00 Å². The minimum atomic E-state index is -2.65. The summed E-state index contributed by atoms with van der Waals surface area (Å²) in [5.41, 5.74) is 1.05. The van der Waals surface area contributed by atoms with Crippen molar-refractivity contribution in [1.82, 2.24) is 9.55 Å². The van der Waals surface area contributed by atoms with E-state index in [1.807, 2.05) is 6.07 Å². The molecule has 0 amide bonds. The minimum Gasteiger partial charge on any atom is -0.439 e. The van der Waals surface area contributed by atoms with Crippen molar-refractivity contribution < 1.29 is 13.5 Å². The van der Waals surface area contributed by atoms with Crippen LogP contribution in [-0.4, -0.2) is 15.5 Å². The van der Waals surface area contributed by atoms with Gasteiger partial charge >= 0.3 is 4.87 Å². The molecular formula is C17H11F2N3O2S. The van der Waals surface area contributed by atoms with E-state index in [0.29, 0.717) is 27.4 Å². The number of nitriles is 1. The molecule has 2 aromatic heterocycles. The van der Waals surface area contributed by atoms with Crippen LogP contribution in [0.5, 0.6) is 11.6 Å². The molecule has 8 heteroatoms. The predicted octanol–water partition coefficient (Wildman–Crippen LogP) is 3.78. The van der Waals surface area contributed by atoms with Gasteiger partial charge in [-0.05, 0) is 18.2 Å². The Morgan fingerprint density at radius 3 is 2.84 bits per heavy atom. The van der Waals surface area contributed by atoms with Crippen LogP contribution in [0, 0.1) is 17.2 Å². The number of halogens is 2. The van der Waals surface area contributed by atoms with Crippen molar-refractivity contribution >= 4 is 21.6 Å². The van der Waals surface area contributed by atoms with Crippen LogP contribution in [0.3, 0.4) is 0 Å². The minimum absolute atomic E-state index is 0.0310. The zero-order chi connectivity index (χ0) is 17.6. The molecule has 1 unspecified atom stereocenters. The quantitative estimate of drug-likeness (QED) is 0.711. The second-order valence-corrected chi connectivity index (χ2v) is 6.86. The largest absolute Gasteiger partial charge is 0.439 e. The highest BCUT2D eigenvalue weighted by Crippen LogP contribution is 2.49. The van der Waals surface area contributed by atoms with Gasteiger partial charge in [-0.15, -0.1) is 0 Å². The van der Waals surface area contributed by atoms with Gasteiger partial charge in [0.1, 0.15) is 11.8 Å². The first-order chi connectivity index (χ1) is 12.0. The summed E-state index contributed by atoms with van der Waals surface area (Å²) < 4.78 is 33.9. The number of hydrogen-bond donors (Lipinski definition) is 0. The number of benzene rings is 1. The third-order valence-corrected chi connectivity index (χ3v) is 5.03. The zero-order valence-corrected chi connectivity index (χ0v) is 13.6. The molecule has 1 fully saturated rings. The van der Waals surface area contributed by atoms with Gasteiger partial charge in [-0.1, -0.05) is 11.3 Å². The number of aromatic nitrogens is 2. The van der Waals surface area contributed by atoms with Crippen LogP contribution in [0.4, 0.5) is 8.78 Å². The highest BCUT2D eigenvalue weighted by atomic mass is 32.1. The number of thiazole rings is 1.